The van der Waals surface area contributed by atoms with E-state index in [1.807, 2.05) is 18.2 Å². The number of hydrogen-bond donors (Lipinski definition) is 0. The van der Waals surface area contributed by atoms with E-state index in [4.69, 9.17) is 4.74 Å². The number of ether oxygens (including phenoxy) is 2. The summed E-state index contributed by atoms with van der Waals surface area (Å²) >= 11 is 0.793. The van der Waals surface area contributed by atoms with Crippen LogP contribution < -0.4 is 9.64 Å². The van der Waals surface area contributed by atoms with Gasteiger partial charge in [-0.15, -0.1) is 0 Å². The lowest BCUT2D eigenvalue weighted by molar-refractivity contribution is -0.143. The summed E-state index contributed by atoms with van der Waals surface area (Å²) < 4.78 is 9.96. The Hall–Kier alpha value is -2.48. The highest BCUT2D eigenvalue weighted by atomic mass is 32.2. The molecule has 1 heterocycles. The molecule has 0 spiro atoms. The van der Waals surface area contributed by atoms with Gasteiger partial charge >= 0.3 is 5.97 Å². The van der Waals surface area contributed by atoms with Gasteiger partial charge in [-0.05, 0) is 43.8 Å². The molecule has 2 rings (SSSR count). The third kappa shape index (κ3) is 4.19. The van der Waals surface area contributed by atoms with Crippen LogP contribution in [0.1, 0.15) is 19.4 Å². The van der Waals surface area contributed by atoms with Crippen LogP contribution in [0.5, 0.6) is 5.75 Å². The minimum Gasteiger partial charge on any atom is -0.496 e. The minimum atomic E-state index is -0.644. The van der Waals surface area contributed by atoms with Gasteiger partial charge in [0.05, 0.1) is 19.1 Å². The van der Waals surface area contributed by atoms with Gasteiger partial charge in [0.15, 0.2) is 0 Å². The van der Waals surface area contributed by atoms with Gasteiger partial charge in [0.2, 0.25) is 0 Å². The Balaban J connectivity index is 2.30. The highest BCUT2D eigenvalue weighted by Crippen LogP contribution is 2.35. The molecule has 0 aliphatic carbocycles. The number of anilines is 1. The fraction of sp³-hybridized carbons (Fsp3) is 0.389. The van der Waals surface area contributed by atoms with Crippen molar-refractivity contribution in [2.45, 2.75) is 13.8 Å². The van der Waals surface area contributed by atoms with Crippen LogP contribution in [0.4, 0.5) is 10.5 Å². The Labute approximate surface area is 156 Å². The molecular weight excluding hydrogens is 356 g/mol. The molecule has 26 heavy (non-hydrogen) atoms. The molecule has 0 radical (unpaired) electrons. The summed E-state index contributed by atoms with van der Waals surface area (Å²) in [6, 6.07) is 5.69. The van der Waals surface area contributed by atoms with E-state index in [0.717, 1.165) is 35.4 Å². The molecule has 7 nitrogen and oxygen atoms in total. The van der Waals surface area contributed by atoms with Crippen molar-refractivity contribution in [2.75, 3.05) is 38.8 Å². The van der Waals surface area contributed by atoms with E-state index in [1.54, 1.807) is 13.2 Å². The van der Waals surface area contributed by atoms with Gasteiger partial charge in [0.1, 0.15) is 12.3 Å². The largest absolute Gasteiger partial charge is 0.496 e. The van der Waals surface area contributed by atoms with E-state index in [9.17, 15) is 14.4 Å². The predicted octanol–water partition coefficient (Wildman–Crippen LogP) is 2.75. The van der Waals surface area contributed by atoms with Gasteiger partial charge in [-0.2, -0.15) is 0 Å². The zero-order valence-corrected chi connectivity index (χ0v) is 16.1. The fourth-order valence-electron chi connectivity index (χ4n) is 2.58. The van der Waals surface area contributed by atoms with Gasteiger partial charge in [-0.3, -0.25) is 19.3 Å². The molecule has 2 amide bonds. The highest BCUT2D eigenvalue weighted by molar-refractivity contribution is 8.18. The summed E-state index contributed by atoms with van der Waals surface area (Å²) in [4.78, 5) is 39.0. The molecule has 0 aromatic heterocycles. The number of benzene rings is 1. The average molecular weight is 378 g/mol. The van der Waals surface area contributed by atoms with E-state index in [2.05, 4.69) is 23.5 Å². The quantitative estimate of drug-likeness (QED) is 0.533. The average Bonchev–Trinajstić information content (AvgIpc) is 2.90. The van der Waals surface area contributed by atoms with Crippen molar-refractivity contribution in [1.82, 2.24) is 4.90 Å². The maximum Gasteiger partial charge on any atom is 0.325 e. The molecule has 1 aromatic carbocycles. The number of thioether (sulfide) groups is 1. The van der Waals surface area contributed by atoms with Gasteiger partial charge in [0, 0.05) is 30.4 Å². The van der Waals surface area contributed by atoms with Crippen LogP contribution in [0.3, 0.4) is 0 Å². The van der Waals surface area contributed by atoms with Crippen molar-refractivity contribution in [3.8, 4) is 5.75 Å². The topological polar surface area (TPSA) is 76.2 Å². The molecule has 1 aliphatic rings. The second kappa shape index (κ2) is 8.75. The molecule has 140 valence electrons. The number of hydrogen-bond acceptors (Lipinski definition) is 7. The Bertz CT molecular complexity index is 743. The summed E-state index contributed by atoms with van der Waals surface area (Å²) in [6.45, 7) is 5.48. The lowest BCUT2D eigenvalue weighted by Crippen LogP contribution is -2.34. The minimum absolute atomic E-state index is 0.243. The van der Waals surface area contributed by atoms with E-state index >= 15 is 0 Å². The van der Waals surface area contributed by atoms with Crippen LogP contribution in [0, 0.1) is 0 Å². The van der Waals surface area contributed by atoms with E-state index in [1.165, 1.54) is 7.11 Å². The van der Waals surface area contributed by atoms with Crippen molar-refractivity contribution in [1.29, 1.82) is 0 Å². The Morgan fingerprint density at radius 1 is 1.23 bits per heavy atom. The van der Waals surface area contributed by atoms with Crippen LogP contribution in [-0.2, 0) is 14.3 Å². The number of rotatable bonds is 7. The SMILES string of the molecule is CCN(CC)c1ccc(/C=C2\SC(=O)N(CC(=O)OC)C2=O)c(OC)c1. The molecule has 1 fully saturated rings. The van der Waals surface area contributed by atoms with Gasteiger partial charge in [-0.1, -0.05) is 0 Å². The Morgan fingerprint density at radius 2 is 1.92 bits per heavy atom. The maximum absolute atomic E-state index is 12.4. The number of carbonyl (C=O) groups excluding carboxylic acids is 3. The molecule has 1 aliphatic heterocycles. The molecule has 0 unspecified atom stereocenters. The first-order chi connectivity index (χ1) is 12.4. The molecule has 0 atom stereocenters. The van der Waals surface area contributed by atoms with E-state index in [0.29, 0.717) is 11.3 Å². The van der Waals surface area contributed by atoms with Crippen molar-refractivity contribution < 1.29 is 23.9 Å². The summed E-state index contributed by atoms with van der Waals surface area (Å²) in [7, 11) is 2.77. The molecule has 0 bridgehead atoms. The lowest BCUT2D eigenvalue weighted by atomic mass is 10.1. The summed E-state index contributed by atoms with van der Waals surface area (Å²) in [6.07, 6.45) is 1.60. The van der Waals surface area contributed by atoms with Crippen molar-refractivity contribution in [2.24, 2.45) is 0 Å². The molecular formula is C18H22N2O5S. The van der Waals surface area contributed by atoms with Crippen molar-refractivity contribution in [3.05, 3.63) is 28.7 Å². The fourth-order valence-corrected chi connectivity index (χ4v) is 3.40. The van der Waals surface area contributed by atoms with Gasteiger partial charge in [-0.25, -0.2) is 0 Å². The van der Waals surface area contributed by atoms with Crippen molar-refractivity contribution >= 4 is 40.6 Å². The van der Waals surface area contributed by atoms with Crippen LogP contribution in [0.2, 0.25) is 0 Å². The number of esters is 1. The Kier molecular flexibility index (Phi) is 6.68. The number of imide groups is 1. The number of amides is 2. The second-order valence-electron chi connectivity index (χ2n) is 5.44. The third-order valence-corrected chi connectivity index (χ3v) is 4.93. The Morgan fingerprint density at radius 3 is 2.50 bits per heavy atom. The normalized spacial score (nSPS) is 15.5. The van der Waals surface area contributed by atoms with E-state index < -0.39 is 23.7 Å². The van der Waals surface area contributed by atoms with Crippen LogP contribution in [0.25, 0.3) is 6.08 Å². The van der Waals surface area contributed by atoms with Crippen LogP contribution in [-0.4, -0.2) is 55.9 Å². The van der Waals surface area contributed by atoms with Crippen molar-refractivity contribution in [3.63, 3.8) is 0 Å². The predicted molar refractivity (Wildman–Crippen MR) is 101 cm³/mol. The molecule has 0 N–H and O–H groups in total. The molecule has 1 aromatic rings. The highest BCUT2D eigenvalue weighted by Gasteiger charge is 2.36. The molecule has 1 saturated heterocycles. The standard InChI is InChI=1S/C18H22N2O5S/c1-5-19(6-2)13-8-7-12(14(10-13)24-3)9-15-17(22)20(18(23)26-15)11-16(21)25-4/h7-10H,5-6,11H2,1-4H3/b15-9-. The third-order valence-electron chi connectivity index (χ3n) is 4.02. The second-order valence-corrected chi connectivity index (χ2v) is 6.44. The number of nitrogens with zero attached hydrogens (tertiary/aromatic N) is 2. The number of carbonyl (C=O) groups is 3. The summed E-state index contributed by atoms with van der Waals surface area (Å²) in [5.41, 5.74) is 1.70. The van der Waals surface area contributed by atoms with Crippen LogP contribution in [0.15, 0.2) is 23.1 Å². The monoisotopic (exact) mass is 378 g/mol. The summed E-state index contributed by atoms with van der Waals surface area (Å²) in [5.74, 6) is -0.552. The van der Waals surface area contributed by atoms with Crippen LogP contribution >= 0.6 is 11.8 Å². The zero-order valence-electron chi connectivity index (χ0n) is 15.3. The first-order valence-corrected chi connectivity index (χ1v) is 9.01. The first-order valence-electron chi connectivity index (χ1n) is 8.20. The maximum atomic E-state index is 12.4. The summed E-state index contributed by atoms with van der Waals surface area (Å²) in [5, 5.41) is -0.495. The smallest absolute Gasteiger partial charge is 0.325 e. The first kappa shape index (κ1) is 19.8. The number of methoxy groups -OCH3 is 2. The van der Waals surface area contributed by atoms with E-state index in [-0.39, 0.29) is 4.91 Å². The zero-order chi connectivity index (χ0) is 19.3. The lowest BCUT2D eigenvalue weighted by Gasteiger charge is -2.22. The van der Waals surface area contributed by atoms with Gasteiger partial charge in [0.25, 0.3) is 11.1 Å². The molecule has 8 heteroatoms. The molecule has 0 saturated carbocycles. The van der Waals surface area contributed by atoms with Gasteiger partial charge < -0.3 is 14.4 Å².